The number of ether oxygens (including phenoxy) is 2. The molecule has 0 saturated heterocycles. The molecule has 1 atom stereocenters. The van der Waals surface area contributed by atoms with E-state index >= 15 is 0 Å². The Morgan fingerprint density at radius 3 is 2.50 bits per heavy atom. The maximum Gasteiger partial charge on any atom is 0.573 e. The summed E-state index contributed by atoms with van der Waals surface area (Å²) in [6.45, 7) is 8.81. The number of nitrogens with zero attached hydrogens (tertiary/aromatic N) is 2. The number of rotatable bonds is 5. The van der Waals surface area contributed by atoms with E-state index in [9.17, 15) is 27.2 Å². The van der Waals surface area contributed by atoms with Gasteiger partial charge in [-0.1, -0.05) is 26.8 Å². The Balaban J connectivity index is 1.88. The molecule has 2 heterocycles. The van der Waals surface area contributed by atoms with Gasteiger partial charge in [0.25, 0.3) is 5.91 Å². The highest BCUT2D eigenvalue weighted by atomic mass is 19.4. The number of alkyl halides is 3. The van der Waals surface area contributed by atoms with Crippen molar-refractivity contribution < 1.29 is 36.6 Å². The van der Waals surface area contributed by atoms with Crippen LogP contribution in [-0.2, 0) is 16.1 Å². The largest absolute Gasteiger partial charge is 0.573 e. The quantitative estimate of drug-likeness (QED) is 0.598. The van der Waals surface area contributed by atoms with Gasteiger partial charge in [0.05, 0.1) is 17.9 Å². The molecule has 2 aromatic rings. The smallest absolute Gasteiger partial charge is 0.477 e. The molecule has 34 heavy (non-hydrogen) atoms. The second-order valence-corrected chi connectivity index (χ2v) is 9.23. The van der Waals surface area contributed by atoms with Crippen molar-refractivity contribution in [1.82, 2.24) is 4.98 Å². The monoisotopic (exact) mass is 483 g/mol. The minimum Gasteiger partial charge on any atom is -0.477 e. The molecule has 0 fully saturated rings. The summed E-state index contributed by atoms with van der Waals surface area (Å²) < 4.78 is 60.6. The molecule has 1 N–H and O–H groups in total. The van der Waals surface area contributed by atoms with Crippen molar-refractivity contribution in [2.45, 2.75) is 60.1 Å². The number of carbonyl (C=O) groups excluding carboxylic acids is 2. The first-order valence-electron chi connectivity index (χ1n) is 10.5. The van der Waals surface area contributed by atoms with Gasteiger partial charge in [0.1, 0.15) is 0 Å². The zero-order valence-corrected chi connectivity index (χ0v) is 19.3. The van der Waals surface area contributed by atoms with Crippen LogP contribution < -0.4 is 19.7 Å². The summed E-state index contributed by atoms with van der Waals surface area (Å²) in [6, 6.07) is 4.50. The van der Waals surface area contributed by atoms with E-state index in [2.05, 4.69) is 15.0 Å². The zero-order valence-electron chi connectivity index (χ0n) is 19.3. The van der Waals surface area contributed by atoms with Gasteiger partial charge in [0.15, 0.2) is 29.2 Å². The molecule has 1 aromatic heterocycles. The molecule has 0 radical (unpaired) electrons. The van der Waals surface area contributed by atoms with E-state index in [4.69, 9.17) is 4.74 Å². The molecule has 1 aliphatic heterocycles. The van der Waals surface area contributed by atoms with Crippen molar-refractivity contribution in [2.24, 2.45) is 5.41 Å². The second kappa shape index (κ2) is 9.11. The molecule has 1 aromatic carbocycles. The van der Waals surface area contributed by atoms with Crippen LogP contribution in [0, 0.1) is 18.2 Å². The Kier molecular flexibility index (Phi) is 6.77. The fraction of sp³-hybridized carbons (Fsp3) is 0.435. The number of halogens is 4. The average Bonchev–Trinajstić information content (AvgIpc) is 2.66. The number of aromatic nitrogens is 1. The van der Waals surface area contributed by atoms with Crippen molar-refractivity contribution in [1.29, 1.82) is 0 Å². The number of amides is 2. The minimum atomic E-state index is -5.03. The fourth-order valence-electron chi connectivity index (χ4n) is 3.41. The molecule has 11 heteroatoms. The molecule has 2 amide bonds. The van der Waals surface area contributed by atoms with Gasteiger partial charge in [-0.2, -0.15) is 0 Å². The van der Waals surface area contributed by atoms with Crippen molar-refractivity contribution >= 4 is 23.3 Å². The Labute approximate surface area is 194 Å². The van der Waals surface area contributed by atoms with Crippen molar-refractivity contribution in [3.63, 3.8) is 0 Å². The molecule has 0 aliphatic carbocycles. The summed E-state index contributed by atoms with van der Waals surface area (Å²) in [7, 11) is 0. The lowest BCUT2D eigenvalue weighted by Crippen LogP contribution is -2.44. The van der Waals surface area contributed by atoms with Crippen LogP contribution in [-0.4, -0.2) is 29.3 Å². The van der Waals surface area contributed by atoms with Crippen LogP contribution in [0.2, 0.25) is 0 Å². The van der Waals surface area contributed by atoms with Gasteiger partial charge in [0.2, 0.25) is 5.91 Å². The average molecular weight is 483 g/mol. The first-order chi connectivity index (χ1) is 15.6. The normalized spacial score (nSPS) is 16.1. The van der Waals surface area contributed by atoms with E-state index in [0.717, 1.165) is 12.1 Å². The van der Waals surface area contributed by atoms with Crippen LogP contribution in [0.1, 0.15) is 45.4 Å². The third-order valence-electron chi connectivity index (χ3n) is 4.86. The van der Waals surface area contributed by atoms with E-state index in [1.807, 2.05) is 20.8 Å². The van der Waals surface area contributed by atoms with Crippen LogP contribution >= 0.6 is 0 Å². The number of hydrogen-bond donors (Lipinski definition) is 1. The SMILES string of the molecule is Cc1nc2c(cc1NC(=O)CC(C)(C)C)OC(C)C(=O)N2Cc1ccc(OC(F)(F)F)c(F)c1. The predicted molar refractivity (Wildman–Crippen MR) is 116 cm³/mol. The standard InChI is InChI=1S/C23H25F4N3O4/c1-12-16(29-19(31)10-22(3,4)5)9-18-20(28-12)30(21(32)13(2)33-18)11-14-6-7-17(15(24)8-14)34-23(25,26)27/h6-9,13H,10-11H2,1-5H3,(H,29,31). The van der Waals surface area contributed by atoms with E-state index in [1.165, 1.54) is 17.9 Å². The summed E-state index contributed by atoms with van der Waals surface area (Å²) in [5, 5.41) is 2.80. The van der Waals surface area contributed by atoms with Gasteiger partial charge in [-0.3, -0.25) is 14.5 Å². The van der Waals surface area contributed by atoms with Crippen molar-refractivity contribution in [3.8, 4) is 11.5 Å². The molecular weight excluding hydrogens is 458 g/mol. The van der Waals surface area contributed by atoms with Crippen LogP contribution in [0.5, 0.6) is 11.5 Å². The minimum absolute atomic E-state index is 0.158. The number of anilines is 2. The first-order valence-corrected chi connectivity index (χ1v) is 10.5. The van der Waals surface area contributed by atoms with Crippen LogP contribution in [0.4, 0.5) is 29.1 Å². The molecular formula is C23H25F4N3O4. The number of pyridine rings is 1. The highest BCUT2D eigenvalue weighted by molar-refractivity contribution is 5.99. The van der Waals surface area contributed by atoms with Gasteiger partial charge in [-0.25, -0.2) is 9.37 Å². The Morgan fingerprint density at radius 1 is 1.24 bits per heavy atom. The lowest BCUT2D eigenvalue weighted by atomic mass is 9.92. The lowest BCUT2D eigenvalue weighted by Gasteiger charge is -2.32. The van der Waals surface area contributed by atoms with E-state index in [-0.39, 0.29) is 41.4 Å². The number of aryl methyl sites for hydroxylation is 1. The Hall–Kier alpha value is -3.37. The molecule has 0 saturated carbocycles. The highest BCUT2D eigenvalue weighted by Gasteiger charge is 2.35. The summed E-state index contributed by atoms with van der Waals surface area (Å²) in [4.78, 5) is 30.8. The summed E-state index contributed by atoms with van der Waals surface area (Å²) in [6.07, 6.45) is -5.64. The molecule has 3 rings (SSSR count). The predicted octanol–water partition coefficient (Wildman–Crippen LogP) is 5.12. The third kappa shape index (κ3) is 6.15. The number of fused-ring (bicyclic) bond motifs is 1. The zero-order chi connectivity index (χ0) is 25.4. The Bertz CT molecular complexity index is 1110. The molecule has 0 spiro atoms. The fourth-order valence-corrected chi connectivity index (χ4v) is 3.41. The third-order valence-corrected chi connectivity index (χ3v) is 4.86. The summed E-state index contributed by atoms with van der Waals surface area (Å²) in [5.41, 5.74) is 0.859. The van der Waals surface area contributed by atoms with Crippen LogP contribution in [0.25, 0.3) is 0 Å². The summed E-state index contributed by atoms with van der Waals surface area (Å²) >= 11 is 0. The van der Waals surface area contributed by atoms with E-state index in [1.54, 1.807) is 13.0 Å². The van der Waals surface area contributed by atoms with Gasteiger partial charge in [-0.05, 0) is 37.0 Å². The van der Waals surface area contributed by atoms with Gasteiger partial charge < -0.3 is 14.8 Å². The first kappa shape index (κ1) is 25.3. The number of nitrogens with one attached hydrogen (secondary N) is 1. The number of hydrogen-bond acceptors (Lipinski definition) is 5. The van der Waals surface area contributed by atoms with Gasteiger partial charge >= 0.3 is 6.36 Å². The number of carbonyl (C=O) groups is 2. The van der Waals surface area contributed by atoms with E-state index < -0.39 is 29.9 Å². The van der Waals surface area contributed by atoms with Crippen LogP contribution in [0.3, 0.4) is 0 Å². The summed E-state index contributed by atoms with van der Waals surface area (Å²) in [5.74, 6) is -2.45. The molecule has 7 nitrogen and oxygen atoms in total. The Morgan fingerprint density at radius 2 is 1.91 bits per heavy atom. The van der Waals surface area contributed by atoms with Crippen molar-refractivity contribution in [3.05, 3.63) is 41.3 Å². The highest BCUT2D eigenvalue weighted by Crippen LogP contribution is 2.37. The maximum absolute atomic E-state index is 14.2. The van der Waals surface area contributed by atoms with Gasteiger partial charge in [-0.15, -0.1) is 13.2 Å². The molecule has 1 aliphatic rings. The topological polar surface area (TPSA) is 80.8 Å². The molecule has 184 valence electrons. The maximum atomic E-state index is 14.2. The van der Waals surface area contributed by atoms with Crippen molar-refractivity contribution in [2.75, 3.05) is 10.2 Å². The second-order valence-electron chi connectivity index (χ2n) is 9.23. The number of benzene rings is 1. The molecule has 1 unspecified atom stereocenters. The molecule has 0 bridgehead atoms. The van der Waals surface area contributed by atoms with Crippen LogP contribution in [0.15, 0.2) is 24.3 Å². The van der Waals surface area contributed by atoms with Gasteiger partial charge in [0, 0.05) is 12.5 Å². The lowest BCUT2D eigenvalue weighted by molar-refractivity contribution is -0.275. The van der Waals surface area contributed by atoms with E-state index in [0.29, 0.717) is 11.4 Å².